The van der Waals surface area contributed by atoms with Gasteiger partial charge < -0.3 is 9.47 Å². The third-order valence-electron chi connectivity index (χ3n) is 2.20. The zero-order chi connectivity index (χ0) is 12.8. The van der Waals surface area contributed by atoms with Gasteiger partial charge in [0.25, 0.3) is 0 Å². The van der Waals surface area contributed by atoms with Gasteiger partial charge >= 0.3 is 11.9 Å². The number of rotatable bonds is 4. The maximum absolute atomic E-state index is 11.0. The first kappa shape index (κ1) is 13.2. The van der Waals surface area contributed by atoms with Gasteiger partial charge in [-0.1, -0.05) is 29.8 Å². The number of benzene rings is 1. The number of hydrogen-bond donors (Lipinski definition) is 0. The van der Waals surface area contributed by atoms with Crippen LogP contribution < -0.4 is 0 Å². The molecular weight excluding hydrogens is 220 g/mol. The lowest BCUT2D eigenvalue weighted by molar-refractivity contribution is -0.156. The van der Waals surface area contributed by atoms with Crippen molar-refractivity contribution in [3.8, 4) is 0 Å². The summed E-state index contributed by atoms with van der Waals surface area (Å²) in [5.74, 6) is -0.794. The largest absolute Gasteiger partial charge is 0.462 e. The van der Waals surface area contributed by atoms with E-state index in [1.165, 1.54) is 13.8 Å². The number of esters is 2. The van der Waals surface area contributed by atoms with Crippen molar-refractivity contribution in [2.45, 2.75) is 26.9 Å². The van der Waals surface area contributed by atoms with Gasteiger partial charge in [0.1, 0.15) is 6.61 Å². The van der Waals surface area contributed by atoms with E-state index in [9.17, 15) is 9.59 Å². The lowest BCUT2D eigenvalue weighted by Crippen LogP contribution is -2.16. The molecule has 0 fully saturated rings. The zero-order valence-corrected chi connectivity index (χ0v) is 10.2. The molecule has 0 radical (unpaired) electrons. The maximum atomic E-state index is 11.0. The highest BCUT2D eigenvalue weighted by molar-refractivity contribution is 5.67. The van der Waals surface area contributed by atoms with E-state index in [0.717, 1.165) is 11.1 Å². The number of aryl methyl sites for hydroxylation is 1. The molecule has 0 aliphatic heterocycles. The molecule has 0 aromatic heterocycles. The van der Waals surface area contributed by atoms with Crippen LogP contribution in [-0.4, -0.2) is 18.5 Å². The Kier molecular flexibility index (Phi) is 4.69. The van der Waals surface area contributed by atoms with Gasteiger partial charge in [0.05, 0.1) is 0 Å². The highest BCUT2D eigenvalue weighted by Crippen LogP contribution is 2.18. The fourth-order valence-electron chi connectivity index (χ4n) is 1.37. The van der Waals surface area contributed by atoms with E-state index < -0.39 is 18.0 Å². The first-order chi connectivity index (χ1) is 7.99. The van der Waals surface area contributed by atoms with E-state index in [1.807, 2.05) is 31.2 Å². The summed E-state index contributed by atoms with van der Waals surface area (Å²) in [6.07, 6.45) is -0.544. The molecule has 92 valence electrons. The second-order valence-electron chi connectivity index (χ2n) is 3.81. The molecule has 0 spiro atoms. The number of carbonyl (C=O) groups is 2. The van der Waals surface area contributed by atoms with Crippen molar-refractivity contribution in [2.24, 2.45) is 0 Å². The molecule has 0 unspecified atom stereocenters. The van der Waals surface area contributed by atoms with Crippen LogP contribution >= 0.6 is 0 Å². The Balaban J connectivity index is 2.77. The molecule has 0 N–H and O–H groups in total. The van der Waals surface area contributed by atoms with Crippen molar-refractivity contribution < 1.29 is 19.1 Å². The topological polar surface area (TPSA) is 52.6 Å². The SMILES string of the molecule is CC(=O)OC[C@H](OC(C)=O)c1ccc(C)cc1. The molecule has 1 atom stereocenters. The molecule has 1 aromatic rings. The first-order valence-corrected chi connectivity index (χ1v) is 5.36. The second-order valence-corrected chi connectivity index (χ2v) is 3.81. The third kappa shape index (κ3) is 4.68. The third-order valence-corrected chi connectivity index (χ3v) is 2.20. The molecule has 17 heavy (non-hydrogen) atoms. The molecule has 4 heteroatoms. The summed E-state index contributed by atoms with van der Waals surface area (Å²) in [5, 5.41) is 0. The van der Waals surface area contributed by atoms with Gasteiger partial charge in [0.2, 0.25) is 0 Å². The fraction of sp³-hybridized carbons (Fsp3) is 0.385. The number of carbonyl (C=O) groups excluding carboxylic acids is 2. The summed E-state index contributed by atoms with van der Waals surface area (Å²) >= 11 is 0. The zero-order valence-electron chi connectivity index (χ0n) is 10.2. The molecule has 0 bridgehead atoms. The van der Waals surface area contributed by atoms with Gasteiger partial charge in [-0.2, -0.15) is 0 Å². The molecule has 0 aliphatic rings. The summed E-state index contributed by atoms with van der Waals surface area (Å²) in [4.78, 5) is 21.7. The number of hydrogen-bond acceptors (Lipinski definition) is 4. The Bertz CT molecular complexity index is 394. The van der Waals surface area contributed by atoms with Crippen molar-refractivity contribution in [1.29, 1.82) is 0 Å². The highest BCUT2D eigenvalue weighted by Gasteiger charge is 2.16. The minimum absolute atomic E-state index is 0.0397. The molecule has 0 amide bonds. The Hall–Kier alpha value is -1.84. The Labute approximate surface area is 101 Å². The Morgan fingerprint density at radius 3 is 2.18 bits per heavy atom. The minimum Gasteiger partial charge on any atom is -0.462 e. The normalized spacial score (nSPS) is 11.7. The molecule has 0 saturated carbocycles. The lowest BCUT2D eigenvalue weighted by atomic mass is 10.1. The van der Waals surface area contributed by atoms with E-state index in [4.69, 9.17) is 9.47 Å². The van der Waals surface area contributed by atoms with Crippen LogP contribution in [0, 0.1) is 6.92 Å². The standard InChI is InChI=1S/C13H16O4/c1-9-4-6-12(7-5-9)13(17-11(3)15)8-16-10(2)14/h4-7,13H,8H2,1-3H3/t13-/m0/s1. The van der Waals surface area contributed by atoms with Crippen LogP contribution in [-0.2, 0) is 19.1 Å². The summed E-state index contributed by atoms with van der Waals surface area (Å²) < 4.78 is 9.98. The summed E-state index contributed by atoms with van der Waals surface area (Å²) in [6.45, 7) is 4.66. The predicted octanol–water partition coefficient (Wildman–Crippen LogP) is 2.16. The van der Waals surface area contributed by atoms with Gasteiger partial charge in [0, 0.05) is 13.8 Å². The second kappa shape index (κ2) is 6.03. The molecule has 1 aromatic carbocycles. The smallest absolute Gasteiger partial charge is 0.303 e. The van der Waals surface area contributed by atoms with Crippen molar-refractivity contribution >= 4 is 11.9 Å². The quantitative estimate of drug-likeness (QED) is 0.752. The average Bonchev–Trinajstić information content (AvgIpc) is 2.25. The van der Waals surface area contributed by atoms with Crippen molar-refractivity contribution in [2.75, 3.05) is 6.61 Å². The Morgan fingerprint density at radius 1 is 1.12 bits per heavy atom. The lowest BCUT2D eigenvalue weighted by Gasteiger charge is -2.17. The summed E-state index contributed by atoms with van der Waals surface area (Å²) in [6, 6.07) is 7.54. The van der Waals surface area contributed by atoms with E-state index >= 15 is 0 Å². The van der Waals surface area contributed by atoms with Crippen LogP contribution in [0.5, 0.6) is 0 Å². The number of ether oxygens (including phenoxy) is 2. The Morgan fingerprint density at radius 2 is 1.71 bits per heavy atom. The van der Waals surface area contributed by atoms with Gasteiger partial charge in [0.15, 0.2) is 6.10 Å². The van der Waals surface area contributed by atoms with Crippen LogP contribution in [0.15, 0.2) is 24.3 Å². The van der Waals surface area contributed by atoms with E-state index in [-0.39, 0.29) is 6.61 Å². The van der Waals surface area contributed by atoms with E-state index in [2.05, 4.69) is 0 Å². The summed E-state index contributed by atoms with van der Waals surface area (Å²) in [5.41, 5.74) is 1.93. The molecule has 4 nitrogen and oxygen atoms in total. The maximum Gasteiger partial charge on any atom is 0.303 e. The molecule has 0 saturated heterocycles. The van der Waals surface area contributed by atoms with Crippen LogP contribution in [0.1, 0.15) is 31.1 Å². The predicted molar refractivity (Wildman–Crippen MR) is 62.3 cm³/mol. The van der Waals surface area contributed by atoms with Gasteiger partial charge in [-0.25, -0.2) is 0 Å². The monoisotopic (exact) mass is 236 g/mol. The van der Waals surface area contributed by atoms with Gasteiger partial charge in [-0.05, 0) is 12.5 Å². The van der Waals surface area contributed by atoms with Crippen molar-refractivity contribution in [1.82, 2.24) is 0 Å². The van der Waals surface area contributed by atoms with Crippen molar-refractivity contribution in [3.63, 3.8) is 0 Å². The molecular formula is C13H16O4. The molecule has 0 heterocycles. The van der Waals surface area contributed by atoms with Crippen LogP contribution in [0.2, 0.25) is 0 Å². The van der Waals surface area contributed by atoms with E-state index in [1.54, 1.807) is 0 Å². The fourth-order valence-corrected chi connectivity index (χ4v) is 1.37. The minimum atomic E-state index is -0.544. The van der Waals surface area contributed by atoms with Crippen molar-refractivity contribution in [3.05, 3.63) is 35.4 Å². The first-order valence-electron chi connectivity index (χ1n) is 5.36. The van der Waals surface area contributed by atoms with Gasteiger partial charge in [-0.15, -0.1) is 0 Å². The van der Waals surface area contributed by atoms with E-state index in [0.29, 0.717) is 0 Å². The average molecular weight is 236 g/mol. The molecule has 1 rings (SSSR count). The van der Waals surface area contributed by atoms with Crippen LogP contribution in [0.3, 0.4) is 0 Å². The summed E-state index contributed by atoms with van der Waals surface area (Å²) in [7, 11) is 0. The van der Waals surface area contributed by atoms with Gasteiger partial charge in [-0.3, -0.25) is 9.59 Å². The highest BCUT2D eigenvalue weighted by atomic mass is 16.6. The van der Waals surface area contributed by atoms with Crippen LogP contribution in [0.4, 0.5) is 0 Å². The molecule has 0 aliphatic carbocycles. The van der Waals surface area contributed by atoms with Crippen LogP contribution in [0.25, 0.3) is 0 Å².